The van der Waals surface area contributed by atoms with Crippen molar-refractivity contribution >= 4 is 22.6 Å². The lowest BCUT2D eigenvalue weighted by atomic mass is 10.1. The maximum absolute atomic E-state index is 6.13. The van der Waals surface area contributed by atoms with E-state index in [9.17, 15) is 0 Å². The van der Waals surface area contributed by atoms with Crippen LogP contribution >= 0.6 is 0 Å². The number of hydrogen-bond donors (Lipinski definition) is 1. The molecule has 0 saturated heterocycles. The van der Waals surface area contributed by atoms with Gasteiger partial charge in [-0.3, -0.25) is 0 Å². The first-order valence-corrected chi connectivity index (χ1v) is 9.35. The van der Waals surface area contributed by atoms with Gasteiger partial charge in [0.05, 0.1) is 18.2 Å². The lowest BCUT2D eigenvalue weighted by Crippen LogP contribution is -2.26. The minimum Gasteiger partial charge on any atom is -0.480 e. The van der Waals surface area contributed by atoms with Gasteiger partial charge in [-0.25, -0.2) is 9.99 Å². The van der Waals surface area contributed by atoms with Crippen LogP contribution in [0.15, 0.2) is 57.8 Å². The van der Waals surface area contributed by atoms with Crippen molar-refractivity contribution in [3.05, 3.63) is 54.1 Å². The summed E-state index contributed by atoms with van der Waals surface area (Å²) in [6.07, 6.45) is 10.8. The first kappa shape index (κ1) is 18.3. The minimum atomic E-state index is -0.0671. The highest BCUT2D eigenvalue weighted by atomic mass is 16.5. The number of methoxy groups -OCH3 is 1. The molecule has 0 radical (unpaired) electrons. The third-order valence-corrected chi connectivity index (χ3v) is 4.56. The van der Waals surface area contributed by atoms with Gasteiger partial charge in [-0.05, 0) is 31.4 Å². The van der Waals surface area contributed by atoms with Gasteiger partial charge in [-0.1, -0.05) is 19.1 Å². The van der Waals surface area contributed by atoms with Crippen LogP contribution in [0.5, 0.6) is 5.88 Å². The van der Waals surface area contributed by atoms with Gasteiger partial charge in [0.15, 0.2) is 5.76 Å². The third-order valence-electron chi connectivity index (χ3n) is 4.56. The molecule has 7 heteroatoms. The predicted octanol–water partition coefficient (Wildman–Crippen LogP) is 3.65. The van der Waals surface area contributed by atoms with E-state index in [1.165, 1.54) is 0 Å². The number of nitrogens with zero attached hydrogens (tertiary/aromatic N) is 3. The van der Waals surface area contributed by atoms with Crippen molar-refractivity contribution in [2.45, 2.75) is 26.3 Å². The molecule has 2 aliphatic rings. The Balaban J connectivity index is 1.76. The molecule has 0 aliphatic carbocycles. The van der Waals surface area contributed by atoms with Crippen LogP contribution in [0.25, 0.3) is 16.7 Å². The molecule has 2 atom stereocenters. The quantitative estimate of drug-likeness (QED) is 0.871. The summed E-state index contributed by atoms with van der Waals surface area (Å²) in [7, 11) is 1.60. The van der Waals surface area contributed by atoms with Crippen molar-refractivity contribution in [3.63, 3.8) is 0 Å². The SMILES string of the molecule is COc1nccc2oc(C3=CC(C)CC=C4C=CC(OC[C@@H](C)N)=NN43)cc12. The van der Waals surface area contributed by atoms with Crippen LogP contribution in [-0.2, 0) is 4.74 Å². The molecule has 2 N–H and O–H groups in total. The Labute approximate surface area is 163 Å². The smallest absolute Gasteiger partial charge is 0.231 e. The number of rotatable bonds is 4. The number of furan rings is 1. The second-order valence-corrected chi connectivity index (χ2v) is 7.11. The van der Waals surface area contributed by atoms with Gasteiger partial charge >= 0.3 is 0 Å². The fraction of sp³-hybridized carbons (Fsp3) is 0.333. The second kappa shape index (κ2) is 7.52. The van der Waals surface area contributed by atoms with Gasteiger partial charge < -0.3 is 19.6 Å². The highest BCUT2D eigenvalue weighted by Gasteiger charge is 2.25. The zero-order valence-electron chi connectivity index (χ0n) is 16.3. The van der Waals surface area contributed by atoms with E-state index in [0.29, 0.717) is 30.1 Å². The van der Waals surface area contributed by atoms with Crippen molar-refractivity contribution in [1.29, 1.82) is 0 Å². The van der Waals surface area contributed by atoms with E-state index >= 15 is 0 Å². The summed E-state index contributed by atoms with van der Waals surface area (Å²) >= 11 is 0. The molecule has 28 heavy (non-hydrogen) atoms. The predicted molar refractivity (Wildman–Crippen MR) is 108 cm³/mol. The number of aromatic nitrogens is 1. The van der Waals surface area contributed by atoms with Crippen LogP contribution in [0.1, 0.15) is 26.0 Å². The fourth-order valence-electron chi connectivity index (χ4n) is 3.19. The summed E-state index contributed by atoms with van der Waals surface area (Å²) in [5.74, 6) is 2.09. The standard InChI is InChI=1S/C21H24N4O3/c1-13-4-5-15-6-7-20(27-12-14(2)22)24-25(15)17(10-13)19-11-16-18(28-19)8-9-23-21(16)26-3/h5-11,13-14H,4,12,22H2,1-3H3/t13?,14-/m1/s1. The Morgan fingerprint density at radius 3 is 3.04 bits per heavy atom. The molecule has 0 amide bonds. The van der Waals surface area contributed by atoms with Crippen LogP contribution in [0, 0.1) is 5.92 Å². The lowest BCUT2D eigenvalue weighted by molar-refractivity contribution is 0.276. The molecular weight excluding hydrogens is 356 g/mol. The second-order valence-electron chi connectivity index (χ2n) is 7.11. The molecule has 0 aromatic carbocycles. The average Bonchev–Trinajstić information content (AvgIpc) is 3.05. The number of allylic oxidation sites excluding steroid dienone is 3. The van der Waals surface area contributed by atoms with E-state index in [1.54, 1.807) is 13.3 Å². The first-order valence-electron chi connectivity index (χ1n) is 9.35. The lowest BCUT2D eigenvalue weighted by Gasteiger charge is -2.25. The van der Waals surface area contributed by atoms with Gasteiger partial charge in [0, 0.05) is 24.4 Å². The Hall–Kier alpha value is -3.06. The van der Waals surface area contributed by atoms with Crippen molar-refractivity contribution in [3.8, 4) is 5.88 Å². The minimum absolute atomic E-state index is 0.0671. The summed E-state index contributed by atoms with van der Waals surface area (Å²) in [6.45, 7) is 4.47. The Morgan fingerprint density at radius 1 is 1.39 bits per heavy atom. The highest BCUT2D eigenvalue weighted by molar-refractivity contribution is 5.91. The van der Waals surface area contributed by atoms with Gasteiger partial charge in [0.25, 0.3) is 0 Å². The molecule has 2 aromatic rings. The molecule has 4 heterocycles. The molecule has 7 nitrogen and oxygen atoms in total. The number of hydrazone groups is 1. The largest absolute Gasteiger partial charge is 0.480 e. The molecule has 146 valence electrons. The van der Waals surface area contributed by atoms with Crippen LogP contribution in [0.3, 0.4) is 0 Å². The normalized spacial score (nSPS) is 20.1. The number of pyridine rings is 1. The van der Waals surface area contributed by atoms with E-state index in [1.807, 2.05) is 36.2 Å². The molecule has 2 aliphatic heterocycles. The molecule has 0 spiro atoms. The average molecular weight is 380 g/mol. The number of nitrogens with two attached hydrogens (primary N) is 1. The Kier molecular flexibility index (Phi) is 4.92. The van der Waals surface area contributed by atoms with E-state index in [4.69, 9.17) is 19.6 Å². The Bertz CT molecular complexity index is 1000. The van der Waals surface area contributed by atoms with Gasteiger partial charge in [0.1, 0.15) is 17.9 Å². The van der Waals surface area contributed by atoms with E-state index in [0.717, 1.165) is 28.8 Å². The van der Waals surface area contributed by atoms with E-state index in [2.05, 4.69) is 29.2 Å². The van der Waals surface area contributed by atoms with Crippen LogP contribution in [0.2, 0.25) is 0 Å². The Morgan fingerprint density at radius 2 is 2.25 bits per heavy atom. The van der Waals surface area contributed by atoms with Gasteiger partial charge in [-0.2, -0.15) is 0 Å². The topological polar surface area (TPSA) is 86.1 Å². The first-order chi connectivity index (χ1) is 13.5. The van der Waals surface area contributed by atoms with Crippen molar-refractivity contribution in [2.75, 3.05) is 13.7 Å². The summed E-state index contributed by atoms with van der Waals surface area (Å²) in [5.41, 5.74) is 8.36. The summed E-state index contributed by atoms with van der Waals surface area (Å²) < 4.78 is 17.2. The van der Waals surface area contributed by atoms with Crippen molar-refractivity contribution in [1.82, 2.24) is 9.99 Å². The van der Waals surface area contributed by atoms with Crippen molar-refractivity contribution < 1.29 is 13.9 Å². The summed E-state index contributed by atoms with van der Waals surface area (Å²) in [5, 5.41) is 7.37. The number of hydrogen-bond acceptors (Lipinski definition) is 7. The molecule has 2 aromatic heterocycles. The molecule has 1 unspecified atom stereocenters. The van der Waals surface area contributed by atoms with E-state index in [-0.39, 0.29) is 6.04 Å². The van der Waals surface area contributed by atoms with Gasteiger partial charge in [0.2, 0.25) is 11.8 Å². The van der Waals surface area contributed by atoms with E-state index < -0.39 is 0 Å². The summed E-state index contributed by atoms with van der Waals surface area (Å²) in [4.78, 5) is 4.25. The number of ether oxygens (including phenoxy) is 2. The zero-order valence-corrected chi connectivity index (χ0v) is 16.3. The van der Waals surface area contributed by atoms with Gasteiger partial charge in [-0.15, -0.1) is 5.10 Å². The number of fused-ring (bicyclic) bond motifs is 2. The van der Waals surface area contributed by atoms with Crippen molar-refractivity contribution in [2.24, 2.45) is 16.8 Å². The molecule has 0 saturated carbocycles. The van der Waals surface area contributed by atoms with Crippen LogP contribution in [-0.4, -0.2) is 35.6 Å². The van der Waals surface area contributed by atoms with Crippen LogP contribution in [0.4, 0.5) is 0 Å². The summed E-state index contributed by atoms with van der Waals surface area (Å²) in [6, 6.07) is 3.71. The monoisotopic (exact) mass is 380 g/mol. The van der Waals surface area contributed by atoms with Crippen LogP contribution < -0.4 is 10.5 Å². The molecule has 0 bridgehead atoms. The molecule has 0 fully saturated rings. The molecule has 4 rings (SSSR count). The maximum Gasteiger partial charge on any atom is 0.231 e. The zero-order chi connectivity index (χ0) is 19.7. The molecular formula is C21H24N4O3. The fourth-order valence-corrected chi connectivity index (χ4v) is 3.19. The highest BCUT2D eigenvalue weighted by Crippen LogP contribution is 2.36. The maximum atomic E-state index is 6.13. The third kappa shape index (κ3) is 3.53.